The number of methoxy groups -OCH3 is 1. The fraction of sp³-hybridized carbons (Fsp3) is 0.294. The van der Waals surface area contributed by atoms with E-state index < -0.39 is 0 Å². The van der Waals surface area contributed by atoms with Crippen LogP contribution in [0.25, 0.3) is 0 Å². The molecule has 0 spiro atoms. The van der Waals surface area contributed by atoms with Gasteiger partial charge in [-0.3, -0.25) is 9.78 Å². The summed E-state index contributed by atoms with van der Waals surface area (Å²) in [5.74, 6) is 0.463. The zero-order valence-corrected chi connectivity index (χ0v) is 12.6. The summed E-state index contributed by atoms with van der Waals surface area (Å²) >= 11 is 0. The number of pyridine rings is 1. The zero-order valence-electron chi connectivity index (χ0n) is 12.6. The van der Waals surface area contributed by atoms with Gasteiger partial charge in [0.2, 0.25) is 0 Å². The highest BCUT2D eigenvalue weighted by Crippen LogP contribution is 2.31. The molecule has 1 aliphatic heterocycles. The van der Waals surface area contributed by atoms with E-state index in [-0.39, 0.29) is 5.91 Å². The monoisotopic (exact) mass is 297 g/mol. The van der Waals surface area contributed by atoms with Gasteiger partial charge in [-0.25, -0.2) is 0 Å². The topological polar surface area (TPSA) is 54.5 Å². The summed E-state index contributed by atoms with van der Waals surface area (Å²) in [4.78, 5) is 18.6. The molecule has 1 saturated heterocycles. The number of nitrogens with zero attached hydrogens (tertiary/aromatic N) is 2. The first-order valence-electron chi connectivity index (χ1n) is 7.42. The van der Waals surface area contributed by atoms with E-state index in [0.29, 0.717) is 17.0 Å². The Hall–Kier alpha value is -2.56. The van der Waals surface area contributed by atoms with Crippen LogP contribution in [0, 0.1) is 0 Å². The van der Waals surface area contributed by atoms with Gasteiger partial charge in [0.25, 0.3) is 5.91 Å². The number of hydrogen-bond acceptors (Lipinski definition) is 4. The Bertz CT molecular complexity index is 652. The van der Waals surface area contributed by atoms with Gasteiger partial charge in [0, 0.05) is 31.2 Å². The van der Waals surface area contributed by atoms with Crippen molar-refractivity contribution in [1.29, 1.82) is 0 Å². The Labute approximate surface area is 129 Å². The van der Waals surface area contributed by atoms with Gasteiger partial charge in [0.05, 0.1) is 18.4 Å². The predicted octanol–water partition coefficient (Wildman–Crippen LogP) is 2.94. The average molecular weight is 297 g/mol. The molecule has 5 nitrogen and oxygen atoms in total. The molecule has 1 aliphatic rings. The third-order valence-electron chi connectivity index (χ3n) is 3.83. The highest BCUT2D eigenvalue weighted by atomic mass is 16.5. The highest BCUT2D eigenvalue weighted by molar-refractivity contribution is 6.05. The van der Waals surface area contributed by atoms with Crippen LogP contribution in [-0.2, 0) is 0 Å². The maximum absolute atomic E-state index is 12.3. The largest absolute Gasteiger partial charge is 0.495 e. The van der Waals surface area contributed by atoms with Crippen molar-refractivity contribution in [3.8, 4) is 5.75 Å². The minimum atomic E-state index is -0.190. The summed E-state index contributed by atoms with van der Waals surface area (Å²) in [5, 5.41) is 2.91. The third kappa shape index (κ3) is 3.03. The minimum Gasteiger partial charge on any atom is -0.495 e. The van der Waals surface area contributed by atoms with Crippen LogP contribution in [-0.4, -0.2) is 31.1 Å². The number of hydrogen-bond donors (Lipinski definition) is 1. The van der Waals surface area contributed by atoms with E-state index in [0.717, 1.165) is 18.8 Å². The Morgan fingerprint density at radius 2 is 2.09 bits per heavy atom. The molecule has 0 radical (unpaired) electrons. The summed E-state index contributed by atoms with van der Waals surface area (Å²) in [5.41, 5.74) is 2.32. The molecule has 1 amide bonds. The summed E-state index contributed by atoms with van der Waals surface area (Å²) in [6.45, 7) is 2.12. The van der Waals surface area contributed by atoms with Crippen LogP contribution in [0.15, 0.2) is 42.7 Å². The molecule has 0 unspecified atom stereocenters. The lowest BCUT2D eigenvalue weighted by molar-refractivity contribution is 0.102. The number of benzene rings is 1. The molecule has 0 bridgehead atoms. The number of carbonyl (C=O) groups is 1. The molecule has 5 heteroatoms. The van der Waals surface area contributed by atoms with E-state index in [1.165, 1.54) is 12.8 Å². The first kappa shape index (κ1) is 14.4. The molecule has 1 aromatic heterocycles. The second-order valence-corrected chi connectivity index (χ2v) is 5.27. The molecule has 0 aliphatic carbocycles. The molecule has 1 fully saturated rings. The van der Waals surface area contributed by atoms with Crippen molar-refractivity contribution in [2.24, 2.45) is 0 Å². The van der Waals surface area contributed by atoms with Crippen LogP contribution < -0.4 is 15.0 Å². The Kier molecular flexibility index (Phi) is 4.23. The molecule has 22 heavy (non-hydrogen) atoms. The summed E-state index contributed by atoms with van der Waals surface area (Å²) in [7, 11) is 1.60. The molecule has 2 aromatic rings. The SMILES string of the molecule is COc1ccc(N2CCCC2)cc1NC(=O)c1cccnc1. The van der Waals surface area contributed by atoms with Gasteiger partial charge in [0.15, 0.2) is 0 Å². The van der Waals surface area contributed by atoms with E-state index in [4.69, 9.17) is 4.74 Å². The molecule has 1 aromatic carbocycles. The molecule has 1 N–H and O–H groups in total. The minimum absolute atomic E-state index is 0.190. The molecule has 0 atom stereocenters. The normalized spacial score (nSPS) is 14.0. The molecule has 2 heterocycles. The molecular formula is C17H19N3O2. The van der Waals surface area contributed by atoms with Gasteiger partial charge in [-0.1, -0.05) is 0 Å². The Balaban J connectivity index is 1.84. The van der Waals surface area contributed by atoms with Crippen LogP contribution in [0.5, 0.6) is 5.75 Å². The van der Waals surface area contributed by atoms with Crippen LogP contribution in [0.2, 0.25) is 0 Å². The van der Waals surface area contributed by atoms with Gasteiger partial charge >= 0.3 is 0 Å². The van der Waals surface area contributed by atoms with Crippen molar-refractivity contribution in [2.75, 3.05) is 30.4 Å². The third-order valence-corrected chi connectivity index (χ3v) is 3.83. The van der Waals surface area contributed by atoms with Gasteiger partial charge < -0.3 is 15.0 Å². The van der Waals surface area contributed by atoms with Gasteiger partial charge in [-0.05, 0) is 43.2 Å². The van der Waals surface area contributed by atoms with E-state index in [1.54, 1.807) is 31.6 Å². The summed E-state index contributed by atoms with van der Waals surface area (Å²) in [6.07, 6.45) is 5.62. The fourth-order valence-electron chi connectivity index (χ4n) is 2.66. The molecule has 0 saturated carbocycles. The van der Waals surface area contributed by atoms with Crippen LogP contribution >= 0.6 is 0 Å². The predicted molar refractivity (Wildman–Crippen MR) is 86.6 cm³/mol. The maximum atomic E-state index is 12.3. The van der Waals surface area contributed by atoms with Crippen LogP contribution in [0.3, 0.4) is 0 Å². The average Bonchev–Trinajstić information content (AvgIpc) is 3.10. The first-order chi connectivity index (χ1) is 10.8. The number of anilines is 2. The fourth-order valence-corrected chi connectivity index (χ4v) is 2.66. The standard InChI is InChI=1S/C17H19N3O2/c1-22-16-7-6-14(20-9-2-3-10-20)11-15(16)19-17(21)13-5-4-8-18-12-13/h4-8,11-12H,2-3,9-10H2,1H3,(H,19,21). The maximum Gasteiger partial charge on any atom is 0.257 e. The van der Waals surface area contributed by atoms with Crippen molar-refractivity contribution >= 4 is 17.3 Å². The molecule has 114 valence electrons. The van der Waals surface area contributed by atoms with Crippen molar-refractivity contribution in [3.05, 3.63) is 48.3 Å². The van der Waals surface area contributed by atoms with E-state index in [2.05, 4.69) is 15.2 Å². The van der Waals surface area contributed by atoms with Crippen molar-refractivity contribution in [1.82, 2.24) is 4.98 Å². The van der Waals surface area contributed by atoms with Gasteiger partial charge in [0.1, 0.15) is 5.75 Å². The van der Waals surface area contributed by atoms with Crippen molar-refractivity contribution < 1.29 is 9.53 Å². The lowest BCUT2D eigenvalue weighted by Crippen LogP contribution is -2.18. The Morgan fingerprint density at radius 3 is 2.77 bits per heavy atom. The van der Waals surface area contributed by atoms with E-state index >= 15 is 0 Å². The number of amides is 1. The van der Waals surface area contributed by atoms with E-state index in [1.807, 2.05) is 18.2 Å². The number of aromatic nitrogens is 1. The second-order valence-electron chi connectivity index (χ2n) is 5.27. The Morgan fingerprint density at radius 1 is 1.27 bits per heavy atom. The summed E-state index contributed by atoms with van der Waals surface area (Å²) in [6, 6.07) is 9.38. The van der Waals surface area contributed by atoms with Crippen LogP contribution in [0.4, 0.5) is 11.4 Å². The zero-order chi connectivity index (χ0) is 15.4. The lowest BCUT2D eigenvalue weighted by Gasteiger charge is -2.20. The first-order valence-corrected chi connectivity index (χ1v) is 7.42. The molecule has 3 rings (SSSR count). The summed E-state index contributed by atoms with van der Waals surface area (Å²) < 4.78 is 5.35. The van der Waals surface area contributed by atoms with Crippen molar-refractivity contribution in [3.63, 3.8) is 0 Å². The van der Waals surface area contributed by atoms with Crippen LogP contribution in [0.1, 0.15) is 23.2 Å². The van der Waals surface area contributed by atoms with Gasteiger partial charge in [-0.2, -0.15) is 0 Å². The van der Waals surface area contributed by atoms with Gasteiger partial charge in [-0.15, -0.1) is 0 Å². The molecular weight excluding hydrogens is 278 g/mol. The quantitative estimate of drug-likeness (QED) is 0.942. The van der Waals surface area contributed by atoms with E-state index in [9.17, 15) is 4.79 Å². The smallest absolute Gasteiger partial charge is 0.257 e. The number of carbonyl (C=O) groups excluding carboxylic acids is 1. The van der Waals surface area contributed by atoms with Crippen molar-refractivity contribution in [2.45, 2.75) is 12.8 Å². The number of ether oxygens (including phenoxy) is 1. The lowest BCUT2D eigenvalue weighted by atomic mass is 10.2. The highest BCUT2D eigenvalue weighted by Gasteiger charge is 2.16. The number of rotatable bonds is 4. The number of nitrogens with one attached hydrogen (secondary N) is 1. The second kappa shape index (κ2) is 6.47.